The lowest BCUT2D eigenvalue weighted by Crippen LogP contribution is -2.30. The van der Waals surface area contributed by atoms with Crippen molar-refractivity contribution in [1.29, 1.82) is 0 Å². The van der Waals surface area contributed by atoms with Gasteiger partial charge in [-0.3, -0.25) is 4.79 Å². The molecule has 0 aromatic rings. The van der Waals surface area contributed by atoms with Gasteiger partial charge >= 0.3 is 5.97 Å². The first-order valence-corrected chi connectivity index (χ1v) is 8.07. The van der Waals surface area contributed by atoms with Crippen molar-refractivity contribution < 1.29 is 9.90 Å². The molecule has 3 heteroatoms. The minimum atomic E-state index is -0.781. The number of carboxylic acids is 1. The Hall–Kier alpha value is -0.570. The van der Waals surface area contributed by atoms with Gasteiger partial charge in [-0.2, -0.15) is 0 Å². The Morgan fingerprint density at radius 3 is 2.53 bits per heavy atom. The van der Waals surface area contributed by atoms with E-state index in [1.807, 2.05) is 0 Å². The van der Waals surface area contributed by atoms with Crippen LogP contribution in [0.3, 0.4) is 0 Å². The summed E-state index contributed by atoms with van der Waals surface area (Å²) in [6.07, 6.45) is 13.6. The lowest BCUT2D eigenvalue weighted by molar-refractivity contribution is -0.137. The third kappa shape index (κ3) is 7.56. The van der Waals surface area contributed by atoms with Gasteiger partial charge in [0.25, 0.3) is 0 Å². The molecule has 0 saturated heterocycles. The number of carboxylic acid groups (broad SMARTS) is 1. The maximum Gasteiger partial charge on any atom is 0.304 e. The van der Waals surface area contributed by atoms with Crippen LogP contribution >= 0.6 is 0 Å². The van der Waals surface area contributed by atoms with Crippen molar-refractivity contribution in [3.8, 4) is 0 Å². The average Bonchev–Trinajstić information content (AvgIpc) is 2.38. The van der Waals surface area contributed by atoms with Crippen LogP contribution in [0.2, 0.25) is 0 Å². The average molecular weight is 269 g/mol. The highest BCUT2D eigenvalue weighted by molar-refractivity contribution is 5.67. The van der Waals surface area contributed by atoms with E-state index in [0.29, 0.717) is 5.92 Å². The molecule has 1 saturated carbocycles. The molecular formula is C16H31NO2. The van der Waals surface area contributed by atoms with Crippen LogP contribution in [0.4, 0.5) is 0 Å². The van der Waals surface area contributed by atoms with E-state index in [1.165, 1.54) is 57.8 Å². The Morgan fingerprint density at radius 2 is 1.89 bits per heavy atom. The highest BCUT2D eigenvalue weighted by Crippen LogP contribution is 2.28. The number of hydrogen-bond acceptors (Lipinski definition) is 2. The van der Waals surface area contributed by atoms with E-state index in [1.54, 1.807) is 0 Å². The van der Waals surface area contributed by atoms with E-state index in [4.69, 9.17) is 10.8 Å². The van der Waals surface area contributed by atoms with Gasteiger partial charge in [0.05, 0.1) is 6.42 Å². The molecule has 0 bridgehead atoms. The van der Waals surface area contributed by atoms with Crippen LogP contribution in [-0.2, 0) is 4.79 Å². The lowest BCUT2D eigenvalue weighted by atomic mass is 9.85. The zero-order valence-corrected chi connectivity index (χ0v) is 12.4. The van der Waals surface area contributed by atoms with Gasteiger partial charge in [-0.1, -0.05) is 64.7 Å². The van der Waals surface area contributed by atoms with Crippen molar-refractivity contribution >= 4 is 5.97 Å². The van der Waals surface area contributed by atoms with Gasteiger partial charge in [0.2, 0.25) is 0 Å². The zero-order chi connectivity index (χ0) is 14.1. The second kappa shape index (κ2) is 9.35. The van der Waals surface area contributed by atoms with Crippen molar-refractivity contribution in [3.63, 3.8) is 0 Å². The molecule has 19 heavy (non-hydrogen) atoms. The fraction of sp³-hybridized carbons (Fsp3) is 0.938. The first-order valence-electron chi connectivity index (χ1n) is 8.07. The van der Waals surface area contributed by atoms with Crippen LogP contribution in [-0.4, -0.2) is 17.1 Å². The number of carbonyl (C=O) groups is 1. The maximum atomic E-state index is 10.6. The second-order valence-electron chi connectivity index (χ2n) is 6.38. The van der Waals surface area contributed by atoms with E-state index in [0.717, 1.165) is 12.3 Å². The largest absolute Gasteiger partial charge is 0.481 e. The van der Waals surface area contributed by atoms with Crippen LogP contribution in [0, 0.1) is 11.8 Å². The number of hydrogen-bond donors (Lipinski definition) is 2. The molecule has 2 atom stereocenters. The van der Waals surface area contributed by atoms with Crippen LogP contribution in [0.5, 0.6) is 0 Å². The molecule has 3 nitrogen and oxygen atoms in total. The molecule has 0 aromatic heterocycles. The molecular weight excluding hydrogens is 238 g/mol. The fourth-order valence-electron chi connectivity index (χ4n) is 3.17. The van der Waals surface area contributed by atoms with E-state index >= 15 is 0 Å². The highest BCUT2D eigenvalue weighted by atomic mass is 16.4. The van der Waals surface area contributed by atoms with Gasteiger partial charge in [0.15, 0.2) is 0 Å². The molecule has 1 aliphatic carbocycles. The van der Waals surface area contributed by atoms with Gasteiger partial charge in [0, 0.05) is 6.04 Å². The van der Waals surface area contributed by atoms with Crippen LogP contribution < -0.4 is 5.73 Å². The topological polar surface area (TPSA) is 63.3 Å². The number of rotatable bonds is 9. The molecule has 0 radical (unpaired) electrons. The Bertz CT molecular complexity index is 249. The molecule has 3 N–H and O–H groups in total. The van der Waals surface area contributed by atoms with Crippen LogP contribution in [0.1, 0.15) is 77.6 Å². The Labute approximate surface area is 118 Å². The van der Waals surface area contributed by atoms with E-state index in [9.17, 15) is 4.79 Å². The van der Waals surface area contributed by atoms with Crippen molar-refractivity contribution in [2.24, 2.45) is 17.6 Å². The summed E-state index contributed by atoms with van der Waals surface area (Å²) < 4.78 is 0. The molecule has 1 aliphatic rings. The predicted octanol–water partition coefficient (Wildman–Crippen LogP) is 3.96. The second-order valence-corrected chi connectivity index (χ2v) is 6.38. The molecule has 0 aromatic carbocycles. The minimum Gasteiger partial charge on any atom is -0.481 e. The summed E-state index contributed by atoms with van der Waals surface area (Å²) in [6.45, 7) is 2.08. The number of nitrogens with two attached hydrogens (primary N) is 1. The van der Waals surface area contributed by atoms with Gasteiger partial charge < -0.3 is 10.8 Å². The lowest BCUT2D eigenvalue weighted by Gasteiger charge is -2.21. The summed E-state index contributed by atoms with van der Waals surface area (Å²) in [6, 6.07) is -0.184. The molecule has 0 aliphatic heterocycles. The normalized spacial score (nSPS) is 20.1. The van der Waals surface area contributed by atoms with Crippen LogP contribution in [0.25, 0.3) is 0 Å². The summed E-state index contributed by atoms with van der Waals surface area (Å²) in [5.74, 6) is 0.530. The summed E-state index contributed by atoms with van der Waals surface area (Å²) in [5, 5.41) is 8.71. The maximum absolute atomic E-state index is 10.6. The van der Waals surface area contributed by atoms with E-state index < -0.39 is 5.97 Å². The SMILES string of the molecule is CC(CCCCCC1CCCCC1)C(N)CC(=O)O. The molecule has 0 spiro atoms. The third-order valence-corrected chi connectivity index (χ3v) is 4.64. The predicted molar refractivity (Wildman–Crippen MR) is 79.1 cm³/mol. The van der Waals surface area contributed by atoms with Gasteiger partial charge in [0.1, 0.15) is 0 Å². The van der Waals surface area contributed by atoms with E-state index in [-0.39, 0.29) is 12.5 Å². The monoisotopic (exact) mass is 269 g/mol. The number of aliphatic carboxylic acids is 1. The Kier molecular flexibility index (Phi) is 8.11. The van der Waals surface area contributed by atoms with Crippen molar-refractivity contribution in [3.05, 3.63) is 0 Å². The molecule has 1 rings (SSSR count). The molecule has 0 heterocycles. The summed E-state index contributed by atoms with van der Waals surface area (Å²) >= 11 is 0. The number of unbranched alkanes of at least 4 members (excludes halogenated alkanes) is 2. The first kappa shape index (κ1) is 16.5. The Balaban J connectivity index is 1.98. The molecule has 1 fully saturated rings. The van der Waals surface area contributed by atoms with Gasteiger partial charge in [-0.05, 0) is 18.3 Å². The van der Waals surface area contributed by atoms with Crippen molar-refractivity contribution in [1.82, 2.24) is 0 Å². The quantitative estimate of drug-likeness (QED) is 0.623. The molecule has 112 valence electrons. The smallest absolute Gasteiger partial charge is 0.304 e. The van der Waals surface area contributed by atoms with E-state index in [2.05, 4.69) is 6.92 Å². The Morgan fingerprint density at radius 1 is 1.21 bits per heavy atom. The zero-order valence-electron chi connectivity index (χ0n) is 12.4. The summed E-state index contributed by atoms with van der Waals surface area (Å²) in [4.78, 5) is 10.6. The molecule has 0 amide bonds. The van der Waals surface area contributed by atoms with Crippen molar-refractivity contribution in [2.45, 2.75) is 83.6 Å². The van der Waals surface area contributed by atoms with Crippen molar-refractivity contribution in [2.75, 3.05) is 0 Å². The standard InChI is InChI=1S/C16H31NO2/c1-13(15(17)12-16(18)19)8-4-2-5-9-14-10-6-3-7-11-14/h13-15H,2-12,17H2,1H3,(H,18,19). The van der Waals surface area contributed by atoms with Gasteiger partial charge in [-0.25, -0.2) is 0 Å². The van der Waals surface area contributed by atoms with Crippen LogP contribution in [0.15, 0.2) is 0 Å². The fourth-order valence-corrected chi connectivity index (χ4v) is 3.17. The third-order valence-electron chi connectivity index (χ3n) is 4.64. The minimum absolute atomic E-state index is 0.100. The first-order chi connectivity index (χ1) is 9.09. The highest BCUT2D eigenvalue weighted by Gasteiger charge is 2.16. The van der Waals surface area contributed by atoms with Gasteiger partial charge in [-0.15, -0.1) is 0 Å². The molecule has 2 unspecified atom stereocenters. The summed E-state index contributed by atoms with van der Waals surface area (Å²) in [7, 11) is 0. The summed E-state index contributed by atoms with van der Waals surface area (Å²) in [5.41, 5.74) is 5.87.